The highest BCUT2D eigenvalue weighted by molar-refractivity contribution is 9.10. The molecule has 1 aliphatic heterocycles. The number of nitrogens with one attached hydrogen (secondary N) is 1. The van der Waals surface area contributed by atoms with Crippen LogP contribution in [0.1, 0.15) is 12.5 Å². The molecule has 0 radical (unpaired) electrons. The first-order valence-electron chi connectivity index (χ1n) is 6.92. The Labute approximate surface area is 132 Å². The molecular weight excluding hydrogens is 330 g/mol. The number of hydrogen-bond donors (Lipinski definition) is 1. The van der Waals surface area contributed by atoms with Gasteiger partial charge in [-0.1, -0.05) is 18.2 Å². The van der Waals surface area contributed by atoms with Crippen LogP contribution in [0.3, 0.4) is 0 Å². The second kappa shape index (κ2) is 5.85. The van der Waals surface area contributed by atoms with Crippen LogP contribution < -0.4 is 10.2 Å². The van der Waals surface area contributed by atoms with E-state index in [2.05, 4.69) is 32.3 Å². The number of amides is 1. The van der Waals surface area contributed by atoms with Gasteiger partial charge in [-0.15, -0.1) is 0 Å². The Morgan fingerprint density at radius 1 is 1.33 bits per heavy atom. The minimum absolute atomic E-state index is 0.0738. The molecule has 3 rings (SSSR count). The minimum Gasteiger partial charge on any atom is -0.359 e. The summed E-state index contributed by atoms with van der Waals surface area (Å²) in [4.78, 5) is 18.7. The molecule has 0 saturated carbocycles. The summed E-state index contributed by atoms with van der Waals surface area (Å²) in [5, 5.41) is 3.15. The SMILES string of the molecule is CC(Nc1ccc(Br)cn1)C(=O)N1CCc2ccccc21. The molecule has 4 nitrogen and oxygen atoms in total. The third-order valence-electron chi connectivity index (χ3n) is 3.62. The molecule has 5 heteroatoms. The molecule has 1 aliphatic rings. The van der Waals surface area contributed by atoms with Crippen molar-refractivity contribution < 1.29 is 4.79 Å². The van der Waals surface area contributed by atoms with E-state index in [1.54, 1.807) is 6.20 Å². The molecule has 0 fully saturated rings. The summed E-state index contributed by atoms with van der Waals surface area (Å²) in [5.41, 5.74) is 2.26. The van der Waals surface area contributed by atoms with Crippen LogP contribution in [0.25, 0.3) is 0 Å². The molecule has 1 atom stereocenters. The first-order chi connectivity index (χ1) is 10.1. The van der Waals surface area contributed by atoms with Crippen LogP contribution in [0.5, 0.6) is 0 Å². The average molecular weight is 346 g/mol. The molecule has 1 unspecified atom stereocenters. The van der Waals surface area contributed by atoms with Crippen molar-refractivity contribution in [1.29, 1.82) is 0 Å². The maximum Gasteiger partial charge on any atom is 0.249 e. The number of carbonyl (C=O) groups excluding carboxylic acids is 1. The fourth-order valence-corrected chi connectivity index (χ4v) is 2.78. The molecule has 1 N–H and O–H groups in total. The van der Waals surface area contributed by atoms with Crippen molar-refractivity contribution in [1.82, 2.24) is 4.98 Å². The van der Waals surface area contributed by atoms with Crippen LogP contribution in [-0.4, -0.2) is 23.5 Å². The Hall–Kier alpha value is -1.88. The predicted molar refractivity (Wildman–Crippen MR) is 87.5 cm³/mol. The van der Waals surface area contributed by atoms with Gasteiger partial charge in [0.15, 0.2) is 0 Å². The van der Waals surface area contributed by atoms with Gasteiger partial charge in [-0.05, 0) is 53.0 Å². The number of carbonyl (C=O) groups is 1. The summed E-state index contributed by atoms with van der Waals surface area (Å²) in [5.74, 6) is 0.774. The van der Waals surface area contributed by atoms with E-state index in [9.17, 15) is 4.79 Å². The van der Waals surface area contributed by atoms with E-state index in [-0.39, 0.29) is 11.9 Å². The number of pyridine rings is 1. The number of para-hydroxylation sites is 1. The van der Waals surface area contributed by atoms with Crippen LogP contribution in [0.4, 0.5) is 11.5 Å². The Balaban J connectivity index is 1.72. The highest BCUT2D eigenvalue weighted by Crippen LogP contribution is 2.28. The fourth-order valence-electron chi connectivity index (χ4n) is 2.55. The summed E-state index contributed by atoms with van der Waals surface area (Å²) in [6, 6.07) is 11.5. The molecular formula is C16H16BrN3O. The summed E-state index contributed by atoms with van der Waals surface area (Å²) in [6.07, 6.45) is 2.63. The Kier molecular flexibility index (Phi) is 3.92. The highest BCUT2D eigenvalue weighted by atomic mass is 79.9. The van der Waals surface area contributed by atoms with Gasteiger partial charge in [0.2, 0.25) is 5.91 Å². The summed E-state index contributed by atoms with van der Waals surface area (Å²) >= 11 is 3.35. The smallest absolute Gasteiger partial charge is 0.249 e. The van der Waals surface area contributed by atoms with Crippen molar-refractivity contribution in [2.24, 2.45) is 0 Å². The first kappa shape index (κ1) is 14.1. The van der Waals surface area contributed by atoms with Gasteiger partial charge < -0.3 is 10.2 Å². The lowest BCUT2D eigenvalue weighted by atomic mass is 10.2. The van der Waals surface area contributed by atoms with Crippen molar-refractivity contribution in [3.05, 3.63) is 52.6 Å². The van der Waals surface area contributed by atoms with Gasteiger partial charge in [0.25, 0.3) is 0 Å². The Morgan fingerprint density at radius 3 is 2.90 bits per heavy atom. The van der Waals surface area contributed by atoms with Crippen LogP contribution in [0.15, 0.2) is 47.1 Å². The quantitative estimate of drug-likeness (QED) is 0.928. The predicted octanol–water partition coefficient (Wildman–Crippen LogP) is 3.23. The monoisotopic (exact) mass is 345 g/mol. The molecule has 2 aromatic rings. The molecule has 0 spiro atoms. The standard InChI is InChI=1S/C16H16BrN3O/c1-11(19-15-7-6-13(17)10-18-15)16(21)20-9-8-12-4-2-3-5-14(12)20/h2-7,10-11H,8-9H2,1H3,(H,18,19). The number of aromatic nitrogens is 1. The van der Waals surface area contributed by atoms with Crippen molar-refractivity contribution >= 4 is 33.3 Å². The van der Waals surface area contributed by atoms with E-state index >= 15 is 0 Å². The number of fused-ring (bicyclic) bond motifs is 1. The normalized spacial score (nSPS) is 14.7. The van der Waals surface area contributed by atoms with Gasteiger partial charge in [-0.2, -0.15) is 0 Å². The fraction of sp³-hybridized carbons (Fsp3) is 0.250. The third-order valence-corrected chi connectivity index (χ3v) is 4.08. The van der Waals surface area contributed by atoms with Crippen molar-refractivity contribution in [2.75, 3.05) is 16.8 Å². The van der Waals surface area contributed by atoms with E-state index in [0.29, 0.717) is 5.82 Å². The zero-order chi connectivity index (χ0) is 14.8. The van der Waals surface area contributed by atoms with Crippen molar-refractivity contribution in [3.8, 4) is 0 Å². The lowest BCUT2D eigenvalue weighted by molar-refractivity contribution is -0.118. The molecule has 0 bridgehead atoms. The molecule has 21 heavy (non-hydrogen) atoms. The summed E-state index contributed by atoms with van der Waals surface area (Å²) in [6.45, 7) is 2.62. The van der Waals surface area contributed by atoms with Gasteiger partial charge >= 0.3 is 0 Å². The second-order valence-corrected chi connectivity index (χ2v) is 6.01. The number of hydrogen-bond acceptors (Lipinski definition) is 3. The Bertz CT molecular complexity index is 657. The van der Waals surface area contributed by atoms with Crippen LogP contribution in [0.2, 0.25) is 0 Å². The van der Waals surface area contributed by atoms with E-state index in [4.69, 9.17) is 0 Å². The molecule has 0 aliphatic carbocycles. The molecule has 0 saturated heterocycles. The largest absolute Gasteiger partial charge is 0.359 e. The molecule has 1 amide bonds. The maximum absolute atomic E-state index is 12.6. The van der Waals surface area contributed by atoms with E-state index in [1.165, 1.54) is 5.56 Å². The molecule has 2 heterocycles. The topological polar surface area (TPSA) is 45.2 Å². The number of halogens is 1. The van der Waals surface area contributed by atoms with E-state index < -0.39 is 0 Å². The molecule has 108 valence electrons. The molecule has 1 aromatic heterocycles. The zero-order valence-electron chi connectivity index (χ0n) is 11.7. The van der Waals surface area contributed by atoms with Crippen molar-refractivity contribution in [2.45, 2.75) is 19.4 Å². The van der Waals surface area contributed by atoms with Gasteiger partial charge in [0.05, 0.1) is 0 Å². The number of anilines is 2. The lowest BCUT2D eigenvalue weighted by Crippen LogP contribution is -2.40. The minimum atomic E-state index is -0.315. The van der Waals surface area contributed by atoms with Gasteiger partial charge in [0, 0.05) is 22.9 Å². The van der Waals surface area contributed by atoms with Gasteiger partial charge in [0.1, 0.15) is 11.9 Å². The van der Waals surface area contributed by atoms with Gasteiger partial charge in [-0.3, -0.25) is 4.79 Å². The van der Waals surface area contributed by atoms with Gasteiger partial charge in [-0.25, -0.2) is 4.98 Å². The zero-order valence-corrected chi connectivity index (χ0v) is 13.3. The summed E-state index contributed by atoms with van der Waals surface area (Å²) in [7, 11) is 0. The van der Waals surface area contributed by atoms with Crippen molar-refractivity contribution in [3.63, 3.8) is 0 Å². The number of nitrogens with zero attached hydrogens (tertiary/aromatic N) is 2. The average Bonchev–Trinajstić information content (AvgIpc) is 2.92. The van der Waals surface area contributed by atoms with E-state index in [1.807, 2.05) is 42.2 Å². The Morgan fingerprint density at radius 2 is 2.14 bits per heavy atom. The van der Waals surface area contributed by atoms with Crippen LogP contribution >= 0.6 is 15.9 Å². The highest BCUT2D eigenvalue weighted by Gasteiger charge is 2.27. The number of rotatable bonds is 3. The second-order valence-electron chi connectivity index (χ2n) is 5.10. The lowest BCUT2D eigenvalue weighted by Gasteiger charge is -2.22. The molecule has 1 aromatic carbocycles. The third kappa shape index (κ3) is 2.93. The summed E-state index contributed by atoms with van der Waals surface area (Å²) < 4.78 is 0.917. The number of benzene rings is 1. The van der Waals surface area contributed by atoms with Crippen LogP contribution in [0, 0.1) is 0 Å². The van der Waals surface area contributed by atoms with E-state index in [0.717, 1.165) is 23.1 Å². The maximum atomic E-state index is 12.6. The van der Waals surface area contributed by atoms with Crippen LogP contribution in [-0.2, 0) is 11.2 Å². The first-order valence-corrected chi connectivity index (χ1v) is 7.72.